The number of nitrogens with two attached hydrogens (primary N) is 1. The number of hydrogen-bond donors (Lipinski definition) is 5. The standard InChI is InChI=1S/C29H30ClFN2O4.C15H21ClN2O2.C14H11FO3.HI/c30-24-16-21(6-11-27(24)37-23-8-9-23)28(35)25(17-33-12-1-13-33)32-29(36)26(34)10-3-18-2-4-20-15-22(31)7-5-19(20)14-18;16-12-8-10(2-5-14(12)20-11-3-4-11)15(19)13(17)9-18-6-1-7-18;15-12-5-4-10-7-9(1-3-11(10)8-12)2-6-13(16)14(17)18;/h2,4-7,11,14-16,23,25,28,35H,1,3,8-10,12-13,17H2,(H,32,36);2,5,8,11,13,15,19H,1,3-4,6-7,9,17H2;1,3-5,7-8H,2,6H2,(H,17,18);1H/t25-,28-;13-,15-;;/m11../s1. The second kappa shape index (κ2) is 27.3. The Morgan fingerprint density at radius 2 is 1.04 bits per heavy atom. The number of Topliss-reactive ketones (excluding diaryl/α,β-unsaturated/α-hetero) is 2. The zero-order valence-corrected chi connectivity index (χ0v) is 45.7. The Kier molecular flexibility index (Phi) is 21.0. The highest BCUT2D eigenvalue weighted by molar-refractivity contribution is 14.0. The van der Waals surface area contributed by atoms with Crippen molar-refractivity contribution < 1.29 is 52.8 Å². The monoisotopic (exact) mass is 1190 g/mol. The summed E-state index contributed by atoms with van der Waals surface area (Å²) in [4.78, 5) is 51.3. The van der Waals surface area contributed by atoms with Crippen molar-refractivity contribution >= 4 is 92.2 Å². The molecule has 1 amide bonds. The van der Waals surface area contributed by atoms with E-state index >= 15 is 0 Å². The fraction of sp³-hybridized carbons (Fsp3) is 0.379. The lowest BCUT2D eigenvalue weighted by molar-refractivity contribution is -0.149. The largest absolute Gasteiger partial charge is 0.489 e. The third-order valence-electron chi connectivity index (χ3n) is 13.7. The molecule has 0 unspecified atom stereocenters. The van der Waals surface area contributed by atoms with Gasteiger partial charge >= 0.3 is 5.97 Å². The number of nitrogens with one attached hydrogen (secondary N) is 1. The summed E-state index contributed by atoms with van der Waals surface area (Å²) in [6.07, 6.45) is 6.07. The van der Waals surface area contributed by atoms with Crippen molar-refractivity contribution in [3.63, 3.8) is 0 Å². The van der Waals surface area contributed by atoms with Crippen molar-refractivity contribution in [3.8, 4) is 11.5 Å². The summed E-state index contributed by atoms with van der Waals surface area (Å²) in [5, 5.41) is 37.0. The van der Waals surface area contributed by atoms with Crippen molar-refractivity contribution in [1.29, 1.82) is 0 Å². The van der Waals surface area contributed by atoms with E-state index in [1.54, 1.807) is 48.5 Å². The van der Waals surface area contributed by atoms with Crippen molar-refractivity contribution in [2.24, 2.45) is 5.73 Å². The van der Waals surface area contributed by atoms with E-state index in [9.17, 15) is 38.2 Å². The summed E-state index contributed by atoms with van der Waals surface area (Å²) in [6, 6.07) is 29.6. The average molecular weight is 1200 g/mol. The van der Waals surface area contributed by atoms with Gasteiger partial charge in [-0.3, -0.25) is 14.4 Å². The molecule has 6 aromatic carbocycles. The van der Waals surface area contributed by atoms with E-state index in [0.717, 1.165) is 103 Å². The van der Waals surface area contributed by atoms with Crippen LogP contribution in [0.5, 0.6) is 11.5 Å². The molecule has 4 fully saturated rings. The van der Waals surface area contributed by atoms with Gasteiger partial charge in [0.25, 0.3) is 5.91 Å². The SMILES string of the molecule is I.N[C@H](CN1CCC1)[C@H](O)c1ccc(OC2CC2)c(Cl)c1.O=C(CCc1ccc2cc(F)ccc2c1)C(=O)N[C@H](CN1CCC1)[C@H](O)c1ccc(OC2CC2)c(Cl)c1.O=C(O)C(=O)CCc1ccc2cc(F)ccc2c1. The molecule has 2 saturated heterocycles. The zero-order chi connectivity index (χ0) is 53.2. The minimum atomic E-state index is -1.40. The van der Waals surface area contributed by atoms with Crippen LogP contribution in [-0.2, 0) is 32.0 Å². The predicted octanol–water partition coefficient (Wildman–Crippen LogP) is 9.73. The molecule has 76 heavy (non-hydrogen) atoms. The molecule has 10 rings (SSSR count). The van der Waals surface area contributed by atoms with E-state index in [2.05, 4.69) is 15.1 Å². The Morgan fingerprint density at radius 3 is 1.47 bits per heavy atom. The molecule has 2 aliphatic heterocycles. The van der Waals surface area contributed by atoms with E-state index in [-0.39, 0.29) is 60.6 Å². The maximum absolute atomic E-state index is 13.4. The minimum absolute atomic E-state index is 0. The first-order valence-electron chi connectivity index (χ1n) is 25.5. The van der Waals surface area contributed by atoms with Gasteiger partial charge in [0, 0.05) is 32.0 Å². The number of amides is 1. The van der Waals surface area contributed by atoms with E-state index in [0.29, 0.717) is 52.6 Å². The van der Waals surface area contributed by atoms with Crippen LogP contribution in [0.1, 0.15) is 85.8 Å². The smallest absolute Gasteiger partial charge is 0.372 e. The first kappa shape index (κ1) is 58.4. The van der Waals surface area contributed by atoms with Gasteiger partial charge in [-0.2, -0.15) is 0 Å². The third kappa shape index (κ3) is 16.8. The molecule has 0 radical (unpaired) electrons. The van der Waals surface area contributed by atoms with E-state index in [4.69, 9.17) is 43.5 Å². The Labute approximate surface area is 467 Å². The van der Waals surface area contributed by atoms with E-state index < -0.39 is 41.7 Å². The maximum atomic E-state index is 13.4. The number of aliphatic hydroxyl groups excluding tert-OH is 2. The van der Waals surface area contributed by atoms with Gasteiger partial charge in [0.1, 0.15) is 29.2 Å². The number of fused-ring (bicyclic) bond motifs is 2. The fourth-order valence-corrected chi connectivity index (χ4v) is 9.13. The zero-order valence-electron chi connectivity index (χ0n) is 41.9. The first-order valence-corrected chi connectivity index (χ1v) is 26.3. The van der Waals surface area contributed by atoms with Crippen LogP contribution in [0.2, 0.25) is 10.0 Å². The summed E-state index contributed by atoms with van der Waals surface area (Å²) in [5.41, 5.74) is 9.14. The van der Waals surface area contributed by atoms with E-state index in [1.807, 2.05) is 36.4 Å². The van der Waals surface area contributed by atoms with Crippen LogP contribution < -0.4 is 20.5 Å². The van der Waals surface area contributed by atoms with Crippen LogP contribution >= 0.6 is 47.2 Å². The van der Waals surface area contributed by atoms with Crippen molar-refractivity contribution in [2.75, 3.05) is 39.3 Å². The number of carboxylic acid groups (broad SMARTS) is 1. The molecule has 404 valence electrons. The fourth-order valence-electron chi connectivity index (χ4n) is 8.66. The highest BCUT2D eigenvalue weighted by Crippen LogP contribution is 2.36. The highest BCUT2D eigenvalue weighted by Gasteiger charge is 2.31. The number of aryl methyl sites for hydroxylation is 2. The number of ketones is 2. The summed E-state index contributed by atoms with van der Waals surface area (Å²) >= 11 is 12.6. The lowest BCUT2D eigenvalue weighted by atomic mass is 9.99. The summed E-state index contributed by atoms with van der Waals surface area (Å²) in [7, 11) is 0. The Hall–Kier alpha value is -5.31. The second-order valence-corrected chi connectivity index (χ2v) is 20.6. The molecule has 0 aromatic heterocycles. The molecular weight excluding hydrogens is 1130 g/mol. The van der Waals surface area contributed by atoms with Crippen LogP contribution in [0, 0.1) is 11.6 Å². The van der Waals surface area contributed by atoms with Crippen LogP contribution in [0.25, 0.3) is 21.5 Å². The number of aliphatic hydroxyl groups is 2. The number of aliphatic carboxylic acids is 1. The van der Waals surface area contributed by atoms with Crippen molar-refractivity contribution in [3.05, 3.63) is 153 Å². The van der Waals surface area contributed by atoms with Gasteiger partial charge in [-0.15, -0.1) is 24.0 Å². The Balaban J connectivity index is 0.000000182. The number of likely N-dealkylation sites (tertiary alicyclic amines) is 2. The molecule has 13 nitrogen and oxygen atoms in total. The summed E-state index contributed by atoms with van der Waals surface area (Å²) < 4.78 is 37.9. The first-order chi connectivity index (χ1) is 36.0. The lowest BCUT2D eigenvalue weighted by Crippen LogP contribution is -2.52. The summed E-state index contributed by atoms with van der Waals surface area (Å²) in [5.74, 6) is -2.78. The molecule has 6 aromatic rings. The number of carboxylic acids is 1. The Morgan fingerprint density at radius 1 is 0.605 bits per heavy atom. The topological polar surface area (TPSA) is 192 Å². The molecule has 4 atom stereocenters. The predicted molar refractivity (Wildman–Crippen MR) is 300 cm³/mol. The molecule has 4 aliphatic rings. The molecule has 2 saturated carbocycles. The van der Waals surface area contributed by atoms with Crippen LogP contribution in [0.3, 0.4) is 0 Å². The van der Waals surface area contributed by atoms with Crippen molar-refractivity contribution in [1.82, 2.24) is 15.1 Å². The number of hydrogen-bond acceptors (Lipinski definition) is 11. The molecule has 0 bridgehead atoms. The number of ether oxygens (including phenoxy) is 2. The minimum Gasteiger partial charge on any atom is -0.489 e. The van der Waals surface area contributed by atoms with Gasteiger partial charge in [0.15, 0.2) is 0 Å². The number of carbonyl (C=O) groups excluding carboxylic acids is 3. The number of rotatable bonds is 21. The van der Waals surface area contributed by atoms with Gasteiger partial charge < -0.3 is 45.6 Å². The third-order valence-corrected chi connectivity index (χ3v) is 14.3. The number of halogens is 5. The molecule has 2 heterocycles. The molecular formula is C58H63Cl2F2IN4O9. The Bertz CT molecular complexity index is 3010. The number of nitrogens with zero attached hydrogens (tertiary/aromatic N) is 2. The van der Waals surface area contributed by atoms with Gasteiger partial charge in [-0.1, -0.05) is 83.9 Å². The maximum Gasteiger partial charge on any atom is 0.372 e. The normalized spacial score (nSPS) is 16.7. The lowest BCUT2D eigenvalue weighted by Gasteiger charge is -2.36. The van der Waals surface area contributed by atoms with Gasteiger partial charge in [0.05, 0.1) is 34.4 Å². The molecule has 18 heteroatoms. The molecule has 2 aliphatic carbocycles. The number of benzene rings is 6. The average Bonchev–Trinajstić information content (AvgIpc) is 4.33. The van der Waals surface area contributed by atoms with Crippen LogP contribution in [0.15, 0.2) is 109 Å². The van der Waals surface area contributed by atoms with Crippen molar-refractivity contribution in [2.45, 2.75) is 101 Å². The van der Waals surface area contributed by atoms with Crippen LogP contribution in [-0.4, -0.2) is 112 Å². The molecule has 0 spiro atoms. The summed E-state index contributed by atoms with van der Waals surface area (Å²) in [6.45, 7) is 5.07. The highest BCUT2D eigenvalue weighted by atomic mass is 127. The second-order valence-electron chi connectivity index (χ2n) is 19.8. The quantitative estimate of drug-likeness (QED) is 0.0339. The van der Waals surface area contributed by atoms with Gasteiger partial charge in [-0.05, 0) is 170 Å². The van der Waals surface area contributed by atoms with Crippen LogP contribution in [0.4, 0.5) is 8.78 Å². The number of carbonyl (C=O) groups is 4. The van der Waals surface area contributed by atoms with E-state index in [1.165, 1.54) is 30.7 Å². The molecule has 6 N–H and O–H groups in total. The van der Waals surface area contributed by atoms with Gasteiger partial charge in [0.2, 0.25) is 11.6 Å². The van der Waals surface area contributed by atoms with Gasteiger partial charge in [-0.25, -0.2) is 13.6 Å².